The highest BCUT2D eigenvalue weighted by Crippen LogP contribution is 2.16. The van der Waals surface area contributed by atoms with Gasteiger partial charge in [0, 0.05) is 57.1 Å². The molecule has 1 aliphatic carbocycles. The van der Waals surface area contributed by atoms with Gasteiger partial charge in [-0.05, 0) is 6.42 Å². The summed E-state index contributed by atoms with van der Waals surface area (Å²) in [5, 5.41) is 8.66. The van der Waals surface area contributed by atoms with Gasteiger partial charge < -0.3 is 14.7 Å². The molecule has 1 N–H and O–H groups in total. The highest BCUT2D eigenvalue weighted by Gasteiger charge is 2.19. The Morgan fingerprint density at radius 2 is 2.00 bits per heavy atom. The number of ketones is 1. The number of allylic oxidation sites excluding steroid dienone is 2. The van der Waals surface area contributed by atoms with Crippen molar-refractivity contribution in [2.45, 2.75) is 25.4 Å². The zero-order chi connectivity index (χ0) is 19.8. The molecule has 8 heteroatoms. The van der Waals surface area contributed by atoms with Crippen LogP contribution in [0.1, 0.15) is 19.3 Å². The van der Waals surface area contributed by atoms with E-state index in [-0.39, 0.29) is 24.7 Å². The molecule has 1 fully saturated rings. The largest absolute Gasteiger partial charge is 0.481 e. The molecule has 1 atom stereocenters. The second-order valence-electron chi connectivity index (χ2n) is 6.87. The van der Waals surface area contributed by atoms with Crippen LogP contribution in [-0.2, 0) is 14.3 Å². The highest BCUT2D eigenvalue weighted by molar-refractivity contribution is 5.99. The molecule has 2 aliphatic rings. The molecule has 1 aliphatic heterocycles. The van der Waals surface area contributed by atoms with E-state index in [9.17, 15) is 9.59 Å². The fourth-order valence-electron chi connectivity index (χ4n) is 3.28. The molecule has 0 radical (unpaired) electrons. The first-order valence-corrected chi connectivity index (χ1v) is 9.60. The van der Waals surface area contributed by atoms with Crippen molar-refractivity contribution in [3.63, 3.8) is 0 Å². The predicted octanol–water partition coefficient (Wildman–Crippen LogP) is 1.30. The number of hydrogen-bond donors (Lipinski definition) is 1. The number of hydrogen-bond acceptors (Lipinski definition) is 7. The third kappa shape index (κ3) is 5.97. The van der Waals surface area contributed by atoms with Gasteiger partial charge in [-0.25, -0.2) is 4.98 Å². The minimum absolute atomic E-state index is 0.0306. The van der Waals surface area contributed by atoms with E-state index in [2.05, 4.69) is 19.8 Å². The van der Waals surface area contributed by atoms with Crippen molar-refractivity contribution < 1.29 is 19.4 Å². The highest BCUT2D eigenvalue weighted by atomic mass is 16.5. The molecule has 0 bridgehead atoms. The Hall–Kier alpha value is -2.58. The summed E-state index contributed by atoms with van der Waals surface area (Å²) in [6, 6.07) is 0. The van der Waals surface area contributed by atoms with Gasteiger partial charge in [0.25, 0.3) is 0 Å². The Morgan fingerprint density at radius 3 is 2.64 bits per heavy atom. The van der Waals surface area contributed by atoms with Gasteiger partial charge in [0.05, 0.1) is 25.3 Å². The molecule has 0 saturated carbocycles. The Morgan fingerprint density at radius 1 is 1.18 bits per heavy atom. The molecule has 150 valence electrons. The summed E-state index contributed by atoms with van der Waals surface area (Å²) in [6.45, 7) is 5.27. The second kappa shape index (κ2) is 10.1. The van der Waals surface area contributed by atoms with Gasteiger partial charge >= 0.3 is 5.97 Å². The molecule has 8 nitrogen and oxygen atoms in total. The minimum atomic E-state index is -0.951. The molecule has 1 aromatic heterocycles. The van der Waals surface area contributed by atoms with Gasteiger partial charge in [0.15, 0.2) is 5.78 Å². The first kappa shape index (κ1) is 20.2. The van der Waals surface area contributed by atoms with E-state index in [1.807, 2.05) is 12.2 Å². The number of aromatic nitrogens is 2. The molecule has 0 spiro atoms. The monoisotopic (exact) mass is 386 g/mol. The maximum atomic E-state index is 11.9. The minimum Gasteiger partial charge on any atom is -0.481 e. The molecule has 1 unspecified atom stereocenters. The van der Waals surface area contributed by atoms with Gasteiger partial charge in [0.2, 0.25) is 0 Å². The van der Waals surface area contributed by atoms with Crippen LogP contribution in [0.4, 0.5) is 5.82 Å². The van der Waals surface area contributed by atoms with Crippen LogP contribution in [0.3, 0.4) is 0 Å². The summed E-state index contributed by atoms with van der Waals surface area (Å²) in [7, 11) is 0. The van der Waals surface area contributed by atoms with E-state index < -0.39 is 5.97 Å². The van der Waals surface area contributed by atoms with Crippen molar-refractivity contribution in [2.75, 3.05) is 44.2 Å². The summed E-state index contributed by atoms with van der Waals surface area (Å²) in [6.07, 6.45) is 11.2. The van der Waals surface area contributed by atoms with Gasteiger partial charge in [-0.3, -0.25) is 19.5 Å². The number of nitrogens with zero attached hydrogens (tertiary/aromatic N) is 4. The maximum Gasteiger partial charge on any atom is 0.303 e. The fourth-order valence-corrected chi connectivity index (χ4v) is 3.28. The third-order valence-corrected chi connectivity index (χ3v) is 4.93. The molecule has 28 heavy (non-hydrogen) atoms. The van der Waals surface area contributed by atoms with Crippen LogP contribution in [-0.4, -0.2) is 77.2 Å². The smallest absolute Gasteiger partial charge is 0.303 e. The number of anilines is 1. The van der Waals surface area contributed by atoms with Crippen molar-refractivity contribution >= 4 is 17.6 Å². The van der Waals surface area contributed by atoms with Gasteiger partial charge in [-0.2, -0.15) is 0 Å². The van der Waals surface area contributed by atoms with E-state index in [1.165, 1.54) is 0 Å². The van der Waals surface area contributed by atoms with E-state index in [0.29, 0.717) is 18.6 Å². The molecule has 2 heterocycles. The first-order valence-electron chi connectivity index (χ1n) is 9.60. The van der Waals surface area contributed by atoms with Crippen molar-refractivity contribution in [1.29, 1.82) is 0 Å². The molecule has 1 aromatic rings. The van der Waals surface area contributed by atoms with Crippen LogP contribution >= 0.6 is 0 Å². The third-order valence-electron chi connectivity index (χ3n) is 4.93. The Kier molecular flexibility index (Phi) is 7.27. The number of carbonyl (C=O) groups is 2. The molecule has 3 rings (SSSR count). The Balaban J connectivity index is 1.32. The van der Waals surface area contributed by atoms with E-state index in [0.717, 1.165) is 38.5 Å². The molecule has 1 saturated heterocycles. The average Bonchev–Trinajstić information content (AvgIpc) is 2.73. The van der Waals surface area contributed by atoms with Crippen LogP contribution in [0.5, 0.6) is 0 Å². The van der Waals surface area contributed by atoms with Crippen molar-refractivity contribution in [3.8, 4) is 0 Å². The quantitative estimate of drug-likeness (QED) is 0.679. The number of aliphatic carboxylic acids is 1. The van der Waals surface area contributed by atoms with E-state index in [1.54, 1.807) is 24.7 Å². The Bertz CT molecular complexity index is 727. The second-order valence-corrected chi connectivity index (χ2v) is 6.87. The predicted molar refractivity (Wildman–Crippen MR) is 104 cm³/mol. The van der Waals surface area contributed by atoms with Crippen molar-refractivity contribution in [2.24, 2.45) is 0 Å². The van der Waals surface area contributed by atoms with E-state index in [4.69, 9.17) is 9.84 Å². The van der Waals surface area contributed by atoms with Crippen molar-refractivity contribution in [3.05, 3.63) is 42.4 Å². The zero-order valence-corrected chi connectivity index (χ0v) is 15.9. The van der Waals surface area contributed by atoms with Crippen molar-refractivity contribution in [1.82, 2.24) is 14.9 Å². The standard InChI is InChI=1S/C20H26N4O4/c25-18(5-6-20(26)27)16-1-3-17(4-2-16)28-14-13-23-9-11-24(12-10-23)19-15-21-7-8-22-19/h1-3,7-8,15,17H,4-6,9-14H2,(H,26,27). The fraction of sp³-hybridized carbons (Fsp3) is 0.500. The van der Waals surface area contributed by atoms with Crippen LogP contribution in [0.25, 0.3) is 0 Å². The topological polar surface area (TPSA) is 95.9 Å². The molecular formula is C20H26N4O4. The number of Topliss-reactive ketones (excluding diaryl/α,β-unsaturated/α-hetero) is 1. The number of carboxylic acids is 1. The lowest BCUT2D eigenvalue weighted by Gasteiger charge is -2.35. The lowest BCUT2D eigenvalue weighted by molar-refractivity contribution is -0.138. The lowest BCUT2D eigenvalue weighted by Crippen LogP contribution is -2.47. The Labute approximate surface area is 164 Å². The lowest BCUT2D eigenvalue weighted by atomic mass is 9.99. The number of carboxylic acid groups (broad SMARTS) is 1. The summed E-state index contributed by atoms with van der Waals surface area (Å²) in [5.41, 5.74) is 0.584. The molecule has 0 aromatic carbocycles. The van der Waals surface area contributed by atoms with Crippen LogP contribution in [0.2, 0.25) is 0 Å². The summed E-state index contributed by atoms with van der Waals surface area (Å²) in [5.74, 6) is -0.156. The number of carbonyl (C=O) groups excluding carboxylic acids is 1. The average molecular weight is 386 g/mol. The van der Waals surface area contributed by atoms with Gasteiger partial charge in [-0.1, -0.05) is 18.2 Å². The van der Waals surface area contributed by atoms with Crippen LogP contribution in [0.15, 0.2) is 42.4 Å². The summed E-state index contributed by atoms with van der Waals surface area (Å²) in [4.78, 5) is 35.5. The zero-order valence-electron chi connectivity index (χ0n) is 15.9. The molecular weight excluding hydrogens is 360 g/mol. The number of ether oxygens (including phenoxy) is 1. The van der Waals surface area contributed by atoms with E-state index >= 15 is 0 Å². The van der Waals surface area contributed by atoms with Crippen LogP contribution < -0.4 is 4.90 Å². The number of rotatable bonds is 9. The first-order chi connectivity index (χ1) is 13.6. The summed E-state index contributed by atoms with van der Waals surface area (Å²) >= 11 is 0. The maximum absolute atomic E-state index is 11.9. The normalized spacial score (nSPS) is 20.1. The summed E-state index contributed by atoms with van der Waals surface area (Å²) < 4.78 is 5.91. The SMILES string of the molecule is O=C(O)CCC(=O)C1=CCC(OCCN2CCN(c3cnccn3)CC2)C=C1. The van der Waals surface area contributed by atoms with Crippen LogP contribution in [0, 0.1) is 0 Å². The van der Waals surface area contributed by atoms with Gasteiger partial charge in [0.1, 0.15) is 5.82 Å². The van der Waals surface area contributed by atoms with Gasteiger partial charge in [-0.15, -0.1) is 0 Å². The molecule has 0 amide bonds. The number of piperazine rings is 1.